The van der Waals surface area contributed by atoms with Crippen LogP contribution in [-0.4, -0.2) is 27.4 Å². The number of hydrogen-bond acceptors (Lipinski definition) is 3. The van der Waals surface area contributed by atoms with E-state index in [-0.39, 0.29) is 6.61 Å². The number of carbonyl (C=O) groups is 1. The van der Waals surface area contributed by atoms with E-state index >= 15 is 0 Å². The minimum atomic E-state index is -2.27. The normalized spacial score (nSPS) is 10.9. The van der Waals surface area contributed by atoms with Gasteiger partial charge in [0, 0.05) is 0 Å². The van der Waals surface area contributed by atoms with Gasteiger partial charge in [0.2, 0.25) is 0 Å². The second-order valence-electron chi connectivity index (χ2n) is 6.81. The molecule has 0 N–H and O–H groups in total. The standard InChI is InChI=1S/C25H26O3Si/c1-2-19-27-25(26)28-20-12-21-29(22-13-6-3-7-14-22,23-15-8-4-9-16-23)24-17-10-5-11-18-24/h2-11,13-18H,1,12,19-21H2. The molecule has 0 bridgehead atoms. The van der Waals surface area contributed by atoms with Crippen molar-refractivity contribution in [3.8, 4) is 0 Å². The summed E-state index contributed by atoms with van der Waals surface area (Å²) >= 11 is 0. The minimum absolute atomic E-state index is 0.162. The molecule has 29 heavy (non-hydrogen) atoms. The Morgan fingerprint density at radius 3 is 1.62 bits per heavy atom. The van der Waals surface area contributed by atoms with Gasteiger partial charge in [-0.15, -0.1) is 0 Å². The van der Waals surface area contributed by atoms with Gasteiger partial charge in [-0.3, -0.25) is 0 Å². The molecule has 0 saturated carbocycles. The Labute approximate surface area is 173 Å². The van der Waals surface area contributed by atoms with Gasteiger partial charge >= 0.3 is 6.16 Å². The quantitative estimate of drug-likeness (QED) is 0.179. The number of ether oxygens (including phenoxy) is 2. The second kappa shape index (κ2) is 10.4. The largest absolute Gasteiger partial charge is 0.508 e. The molecule has 0 spiro atoms. The summed E-state index contributed by atoms with van der Waals surface area (Å²) < 4.78 is 10.2. The lowest BCUT2D eigenvalue weighted by atomic mass is 10.3. The minimum Gasteiger partial charge on any atom is -0.434 e. The third-order valence-electron chi connectivity index (χ3n) is 5.03. The Bertz CT molecular complexity index is 798. The zero-order chi connectivity index (χ0) is 20.4. The summed E-state index contributed by atoms with van der Waals surface area (Å²) in [6.07, 6.45) is 1.64. The van der Waals surface area contributed by atoms with E-state index in [0.29, 0.717) is 6.61 Å². The molecule has 0 fully saturated rings. The first-order valence-corrected chi connectivity index (χ1v) is 12.0. The molecule has 0 aliphatic rings. The van der Waals surface area contributed by atoms with Crippen LogP contribution in [0.25, 0.3) is 0 Å². The Balaban J connectivity index is 1.93. The summed E-state index contributed by atoms with van der Waals surface area (Å²) in [5, 5.41) is 4.06. The van der Waals surface area contributed by atoms with Crippen LogP contribution < -0.4 is 15.6 Å². The number of rotatable bonds is 9. The summed E-state index contributed by atoms with van der Waals surface area (Å²) in [6.45, 7) is 4.03. The van der Waals surface area contributed by atoms with Crippen LogP contribution in [0.15, 0.2) is 104 Å². The molecule has 0 atom stereocenters. The highest BCUT2D eigenvalue weighted by atomic mass is 28.3. The summed E-state index contributed by atoms with van der Waals surface area (Å²) in [5.41, 5.74) is 0. The predicted molar refractivity (Wildman–Crippen MR) is 121 cm³/mol. The van der Waals surface area contributed by atoms with Crippen LogP contribution in [0.4, 0.5) is 4.79 Å². The smallest absolute Gasteiger partial charge is 0.434 e. The molecule has 0 saturated heterocycles. The molecule has 4 heteroatoms. The Morgan fingerprint density at radius 1 is 0.759 bits per heavy atom. The molecule has 0 aliphatic carbocycles. The topological polar surface area (TPSA) is 35.5 Å². The summed E-state index contributed by atoms with van der Waals surface area (Å²) in [5.74, 6) is 0. The molecule has 148 valence electrons. The highest BCUT2D eigenvalue weighted by molar-refractivity contribution is 7.11. The van der Waals surface area contributed by atoms with E-state index in [9.17, 15) is 4.79 Å². The van der Waals surface area contributed by atoms with E-state index in [2.05, 4.69) is 97.6 Å². The molecule has 0 aromatic heterocycles. The van der Waals surface area contributed by atoms with Gasteiger partial charge in [0.1, 0.15) is 14.7 Å². The first-order chi connectivity index (χ1) is 14.3. The first kappa shape index (κ1) is 20.6. The first-order valence-electron chi connectivity index (χ1n) is 9.84. The maximum Gasteiger partial charge on any atom is 0.508 e. The van der Waals surface area contributed by atoms with Crippen molar-refractivity contribution in [1.29, 1.82) is 0 Å². The Kier molecular flexibility index (Phi) is 7.42. The summed E-state index contributed by atoms with van der Waals surface area (Å²) in [4.78, 5) is 11.7. The van der Waals surface area contributed by atoms with E-state index in [1.807, 2.05) is 0 Å². The van der Waals surface area contributed by atoms with Crippen LogP contribution >= 0.6 is 0 Å². The zero-order valence-corrected chi connectivity index (χ0v) is 17.5. The van der Waals surface area contributed by atoms with Gasteiger partial charge in [-0.05, 0) is 28.0 Å². The van der Waals surface area contributed by atoms with Crippen molar-refractivity contribution in [2.24, 2.45) is 0 Å². The molecule has 0 aliphatic heterocycles. The highest BCUT2D eigenvalue weighted by Crippen LogP contribution is 2.15. The van der Waals surface area contributed by atoms with Gasteiger partial charge in [0.15, 0.2) is 0 Å². The van der Waals surface area contributed by atoms with Gasteiger partial charge < -0.3 is 9.47 Å². The molecule has 3 nitrogen and oxygen atoms in total. The Hall–Kier alpha value is -3.11. The molecule has 3 rings (SSSR count). The Morgan fingerprint density at radius 2 is 1.21 bits per heavy atom. The van der Waals surface area contributed by atoms with E-state index in [1.54, 1.807) is 0 Å². The predicted octanol–water partition coefficient (Wildman–Crippen LogP) is 3.89. The van der Waals surface area contributed by atoms with Crippen LogP contribution in [0.5, 0.6) is 0 Å². The van der Waals surface area contributed by atoms with Crippen LogP contribution in [-0.2, 0) is 9.47 Å². The lowest BCUT2D eigenvalue weighted by molar-refractivity contribution is 0.0634. The molecule has 0 unspecified atom stereocenters. The molecule has 3 aromatic rings. The fourth-order valence-electron chi connectivity index (χ4n) is 3.76. The SMILES string of the molecule is C=CCOC(=O)OCCC[Si](c1ccccc1)(c1ccccc1)c1ccccc1. The number of hydrogen-bond donors (Lipinski definition) is 0. The van der Waals surface area contributed by atoms with Crippen molar-refractivity contribution < 1.29 is 14.3 Å². The second-order valence-corrected chi connectivity index (χ2v) is 10.8. The van der Waals surface area contributed by atoms with Crippen LogP contribution in [0.3, 0.4) is 0 Å². The molecule has 3 aromatic carbocycles. The number of benzene rings is 3. The van der Waals surface area contributed by atoms with Crippen molar-refractivity contribution in [1.82, 2.24) is 0 Å². The molecular formula is C25H26O3Si. The molecule has 0 amide bonds. The van der Waals surface area contributed by atoms with Crippen molar-refractivity contribution >= 4 is 29.8 Å². The van der Waals surface area contributed by atoms with Crippen LogP contribution in [0.1, 0.15) is 6.42 Å². The van der Waals surface area contributed by atoms with Crippen molar-refractivity contribution in [2.75, 3.05) is 13.2 Å². The van der Waals surface area contributed by atoms with Crippen molar-refractivity contribution in [3.05, 3.63) is 104 Å². The zero-order valence-electron chi connectivity index (χ0n) is 16.5. The average Bonchev–Trinajstić information content (AvgIpc) is 2.80. The van der Waals surface area contributed by atoms with Gasteiger partial charge in [0.05, 0.1) is 6.61 Å². The monoisotopic (exact) mass is 402 g/mol. The van der Waals surface area contributed by atoms with Crippen molar-refractivity contribution in [2.45, 2.75) is 12.5 Å². The van der Waals surface area contributed by atoms with E-state index < -0.39 is 14.2 Å². The van der Waals surface area contributed by atoms with E-state index in [1.165, 1.54) is 21.6 Å². The third-order valence-corrected chi connectivity index (χ3v) is 10.1. The van der Waals surface area contributed by atoms with Crippen LogP contribution in [0.2, 0.25) is 6.04 Å². The summed E-state index contributed by atoms with van der Waals surface area (Å²) in [7, 11) is -2.27. The van der Waals surface area contributed by atoms with E-state index in [4.69, 9.17) is 9.47 Å². The fourth-order valence-corrected chi connectivity index (χ4v) is 8.59. The maximum absolute atomic E-state index is 11.7. The lowest BCUT2D eigenvalue weighted by Crippen LogP contribution is -2.67. The molecule has 0 heterocycles. The fraction of sp³-hybridized carbons (Fsp3) is 0.160. The number of carbonyl (C=O) groups excluding carboxylic acids is 1. The average molecular weight is 403 g/mol. The lowest BCUT2D eigenvalue weighted by Gasteiger charge is -2.33. The van der Waals surface area contributed by atoms with E-state index in [0.717, 1.165) is 12.5 Å². The maximum atomic E-state index is 11.7. The van der Waals surface area contributed by atoms with Gasteiger partial charge in [-0.2, -0.15) is 0 Å². The van der Waals surface area contributed by atoms with Crippen LogP contribution in [0, 0.1) is 0 Å². The van der Waals surface area contributed by atoms with Gasteiger partial charge in [-0.25, -0.2) is 4.79 Å². The molecule has 0 radical (unpaired) electrons. The third kappa shape index (κ3) is 5.03. The van der Waals surface area contributed by atoms with Gasteiger partial charge in [0.25, 0.3) is 0 Å². The summed E-state index contributed by atoms with van der Waals surface area (Å²) in [6, 6.07) is 33.1. The van der Waals surface area contributed by atoms with Gasteiger partial charge in [-0.1, -0.05) is 104 Å². The molecular weight excluding hydrogens is 376 g/mol. The highest BCUT2D eigenvalue weighted by Gasteiger charge is 2.38. The van der Waals surface area contributed by atoms with Crippen molar-refractivity contribution in [3.63, 3.8) is 0 Å².